The molecule has 6 rings (SSSR count). The molecule has 0 radical (unpaired) electrons. The summed E-state index contributed by atoms with van der Waals surface area (Å²) < 4.78 is 0. The van der Waals surface area contributed by atoms with Gasteiger partial charge in [0.25, 0.3) is 0 Å². The highest BCUT2D eigenvalue weighted by atomic mass is 15.3. The van der Waals surface area contributed by atoms with Crippen molar-refractivity contribution in [3.05, 3.63) is 0 Å². The minimum atomic E-state index is 0.706. The van der Waals surface area contributed by atoms with Crippen molar-refractivity contribution < 1.29 is 0 Å². The van der Waals surface area contributed by atoms with E-state index in [1.165, 1.54) is 13.1 Å². The lowest BCUT2D eigenvalue weighted by Gasteiger charge is -3.12. The standard InChI is InChI=1S/C22H38N2/c1-11(2)23(12(3)4)9-21-15-18-16(21)20-17(21)19(15)22(18,20)10-24(13(5)6)14(7)8/h11-20H,9-10H2,1-8H3. The van der Waals surface area contributed by atoms with Gasteiger partial charge in [0.2, 0.25) is 0 Å². The van der Waals surface area contributed by atoms with Gasteiger partial charge in [-0.1, -0.05) is 0 Å². The van der Waals surface area contributed by atoms with Gasteiger partial charge in [-0.3, -0.25) is 9.80 Å². The SMILES string of the molecule is CC(C)N(CC12C3C4C1C1C2C3C41CN(C(C)C)C(C)C)C(C)C. The molecule has 0 bridgehead atoms. The fraction of sp³-hybridized carbons (Fsp3) is 1.00. The van der Waals surface area contributed by atoms with Crippen LogP contribution >= 0.6 is 0 Å². The van der Waals surface area contributed by atoms with Gasteiger partial charge >= 0.3 is 0 Å². The fourth-order valence-corrected chi connectivity index (χ4v) is 9.16. The van der Waals surface area contributed by atoms with Crippen LogP contribution in [0, 0.1) is 46.3 Å². The lowest BCUT2D eigenvalue weighted by molar-refractivity contribution is -0.659. The first-order valence-corrected chi connectivity index (χ1v) is 10.7. The van der Waals surface area contributed by atoms with Crippen molar-refractivity contribution in [2.45, 2.75) is 79.6 Å². The van der Waals surface area contributed by atoms with Crippen LogP contribution < -0.4 is 0 Å². The Morgan fingerprint density at radius 1 is 0.500 bits per heavy atom. The van der Waals surface area contributed by atoms with Gasteiger partial charge in [0.1, 0.15) is 0 Å². The Balaban J connectivity index is 1.30. The highest BCUT2D eigenvalue weighted by Gasteiger charge is 3.09. The molecule has 0 amide bonds. The third-order valence-electron chi connectivity index (χ3n) is 9.61. The molecular weight excluding hydrogens is 292 g/mol. The minimum absolute atomic E-state index is 0.706. The molecule has 24 heavy (non-hydrogen) atoms. The second kappa shape index (κ2) is 4.42. The lowest BCUT2D eigenvalue weighted by Crippen LogP contribution is -3.11. The zero-order chi connectivity index (χ0) is 17.3. The minimum Gasteiger partial charge on any atom is -0.298 e. The van der Waals surface area contributed by atoms with Crippen LogP contribution in [0.5, 0.6) is 0 Å². The molecule has 0 spiro atoms. The van der Waals surface area contributed by atoms with E-state index < -0.39 is 0 Å². The highest BCUT2D eigenvalue weighted by molar-refractivity contribution is 5.55. The van der Waals surface area contributed by atoms with Gasteiger partial charge in [0, 0.05) is 37.3 Å². The van der Waals surface area contributed by atoms with E-state index in [4.69, 9.17) is 0 Å². The lowest BCUT2D eigenvalue weighted by atomic mass is 8.92. The first kappa shape index (κ1) is 16.1. The molecule has 0 N–H and O–H groups in total. The topological polar surface area (TPSA) is 6.48 Å². The molecule has 0 heterocycles. The van der Waals surface area contributed by atoms with Crippen LogP contribution in [0.3, 0.4) is 0 Å². The zero-order valence-electron chi connectivity index (χ0n) is 17.1. The van der Waals surface area contributed by atoms with Gasteiger partial charge in [-0.25, -0.2) is 0 Å². The number of hydrogen-bond acceptors (Lipinski definition) is 2. The maximum Gasteiger partial charge on any atom is 0.00520 e. The van der Waals surface area contributed by atoms with Crippen LogP contribution in [-0.2, 0) is 0 Å². The van der Waals surface area contributed by atoms with Gasteiger partial charge in [-0.2, -0.15) is 0 Å². The summed E-state index contributed by atoms with van der Waals surface area (Å²) in [7, 11) is 0. The molecule has 0 aliphatic heterocycles. The van der Waals surface area contributed by atoms with Crippen molar-refractivity contribution in [3.8, 4) is 0 Å². The van der Waals surface area contributed by atoms with Crippen molar-refractivity contribution in [1.29, 1.82) is 0 Å². The summed E-state index contributed by atoms with van der Waals surface area (Å²) >= 11 is 0. The Kier molecular flexibility index (Phi) is 2.97. The third-order valence-corrected chi connectivity index (χ3v) is 9.61. The van der Waals surface area contributed by atoms with Gasteiger partial charge in [-0.15, -0.1) is 0 Å². The maximum absolute atomic E-state index is 2.79. The van der Waals surface area contributed by atoms with E-state index in [-0.39, 0.29) is 0 Å². The molecule has 6 aliphatic rings. The van der Waals surface area contributed by atoms with Crippen LogP contribution in [0.1, 0.15) is 55.4 Å². The number of nitrogens with zero attached hydrogens (tertiary/aromatic N) is 2. The monoisotopic (exact) mass is 330 g/mol. The first-order chi connectivity index (χ1) is 11.2. The van der Waals surface area contributed by atoms with Crippen LogP contribution in [0.15, 0.2) is 0 Å². The summed E-state index contributed by atoms with van der Waals surface area (Å²) in [6.07, 6.45) is 0. The van der Waals surface area contributed by atoms with Crippen LogP contribution in [-0.4, -0.2) is 47.1 Å². The Hall–Kier alpha value is -0.0800. The zero-order valence-corrected chi connectivity index (χ0v) is 17.1. The van der Waals surface area contributed by atoms with E-state index in [1.807, 2.05) is 0 Å². The van der Waals surface area contributed by atoms with E-state index in [0.717, 1.165) is 46.3 Å². The average molecular weight is 331 g/mol. The molecule has 2 nitrogen and oxygen atoms in total. The summed E-state index contributed by atoms with van der Waals surface area (Å²) in [6.45, 7) is 22.0. The summed E-state index contributed by atoms with van der Waals surface area (Å²) in [5.74, 6) is 6.83. The first-order valence-electron chi connectivity index (χ1n) is 10.7. The summed E-state index contributed by atoms with van der Waals surface area (Å²) in [4.78, 5) is 5.59. The Bertz CT molecular complexity index is 441. The van der Waals surface area contributed by atoms with Crippen molar-refractivity contribution >= 4 is 0 Å². The van der Waals surface area contributed by atoms with Crippen LogP contribution in [0.4, 0.5) is 0 Å². The molecule has 6 aliphatic carbocycles. The Labute approximate surface area is 149 Å². The predicted molar refractivity (Wildman–Crippen MR) is 99.8 cm³/mol. The fourth-order valence-electron chi connectivity index (χ4n) is 9.16. The summed E-state index contributed by atoms with van der Waals surface area (Å²) in [6, 6.07) is 2.82. The Morgan fingerprint density at radius 3 is 0.875 bits per heavy atom. The molecule has 0 unspecified atom stereocenters. The van der Waals surface area contributed by atoms with E-state index >= 15 is 0 Å². The quantitative estimate of drug-likeness (QED) is 0.664. The second-order valence-corrected chi connectivity index (χ2v) is 11.1. The second-order valence-electron chi connectivity index (χ2n) is 11.1. The van der Waals surface area contributed by atoms with E-state index in [0.29, 0.717) is 24.2 Å². The molecule has 0 aromatic rings. The molecule has 136 valence electrons. The molecule has 2 heteroatoms. The summed E-state index contributed by atoms with van der Waals surface area (Å²) in [5, 5.41) is 0. The van der Waals surface area contributed by atoms with E-state index in [9.17, 15) is 0 Å². The third kappa shape index (κ3) is 1.30. The highest BCUT2D eigenvalue weighted by Crippen LogP contribution is 3.10. The molecule has 6 saturated carbocycles. The van der Waals surface area contributed by atoms with Crippen LogP contribution in [0.25, 0.3) is 0 Å². The van der Waals surface area contributed by atoms with Crippen LogP contribution in [0.2, 0.25) is 0 Å². The maximum atomic E-state index is 2.79. The molecule has 0 saturated heterocycles. The van der Waals surface area contributed by atoms with E-state index in [1.54, 1.807) is 0 Å². The van der Waals surface area contributed by atoms with Crippen molar-refractivity contribution in [2.75, 3.05) is 13.1 Å². The van der Waals surface area contributed by atoms with Crippen molar-refractivity contribution in [2.24, 2.45) is 46.3 Å². The van der Waals surface area contributed by atoms with Crippen molar-refractivity contribution in [3.63, 3.8) is 0 Å². The molecular formula is C22H38N2. The molecule has 6 fully saturated rings. The number of hydrogen-bond donors (Lipinski definition) is 0. The molecule has 0 atom stereocenters. The van der Waals surface area contributed by atoms with Gasteiger partial charge in [-0.05, 0) is 102 Å². The van der Waals surface area contributed by atoms with Gasteiger partial charge in [0.15, 0.2) is 0 Å². The smallest absolute Gasteiger partial charge is 0.00520 e. The average Bonchev–Trinajstić information content (AvgIpc) is 2.49. The van der Waals surface area contributed by atoms with Gasteiger partial charge < -0.3 is 0 Å². The number of rotatable bonds is 8. The Morgan fingerprint density at radius 2 is 0.708 bits per heavy atom. The predicted octanol–water partition coefficient (Wildman–Crippen LogP) is 3.96. The van der Waals surface area contributed by atoms with E-state index in [2.05, 4.69) is 65.2 Å². The molecule has 0 aromatic carbocycles. The largest absolute Gasteiger partial charge is 0.298 e. The normalized spacial score (nSPS) is 51.8. The summed E-state index contributed by atoms with van der Waals surface area (Å²) in [5.41, 5.74) is 1.60. The molecule has 0 aromatic heterocycles. The van der Waals surface area contributed by atoms with Crippen molar-refractivity contribution in [1.82, 2.24) is 9.80 Å². The van der Waals surface area contributed by atoms with Gasteiger partial charge in [0.05, 0.1) is 0 Å².